The van der Waals surface area contributed by atoms with Crippen LogP contribution in [0.5, 0.6) is 0 Å². The third-order valence-corrected chi connectivity index (χ3v) is 6.53. The van der Waals surface area contributed by atoms with Gasteiger partial charge < -0.3 is 10.1 Å². The van der Waals surface area contributed by atoms with E-state index in [-0.39, 0.29) is 17.4 Å². The zero-order valence-corrected chi connectivity index (χ0v) is 20.4. The molecule has 0 aromatic heterocycles. The molecule has 1 aliphatic heterocycles. The summed E-state index contributed by atoms with van der Waals surface area (Å²) in [4.78, 5) is 13.3. The molecular weight excluding hydrogens is 493 g/mol. The number of carbonyl (C=O) groups is 1. The minimum Gasteiger partial charge on any atom is -0.368 e. The first-order chi connectivity index (χ1) is 18.3. The first-order valence-corrected chi connectivity index (χ1v) is 12.3. The lowest BCUT2D eigenvalue weighted by Crippen LogP contribution is -2.39. The summed E-state index contributed by atoms with van der Waals surface area (Å²) in [6.45, 7) is 0.631. The SMILES string of the molecule is N#Cc1cccc(N2N=C(C(F)(F)F)CC2C(=O)Nc2cccc(C(OCC3CC3)c3ccccc3)c2)c1. The third-order valence-electron chi connectivity index (χ3n) is 6.53. The molecule has 38 heavy (non-hydrogen) atoms. The van der Waals surface area contributed by atoms with Crippen molar-refractivity contribution in [3.63, 3.8) is 0 Å². The number of benzene rings is 3. The van der Waals surface area contributed by atoms with Gasteiger partial charge in [0.2, 0.25) is 5.91 Å². The van der Waals surface area contributed by atoms with Gasteiger partial charge in [-0.25, -0.2) is 0 Å². The number of nitrogens with zero attached hydrogens (tertiary/aromatic N) is 3. The minimum atomic E-state index is -4.68. The van der Waals surface area contributed by atoms with Crippen LogP contribution in [-0.4, -0.2) is 30.4 Å². The molecule has 1 aliphatic carbocycles. The summed E-state index contributed by atoms with van der Waals surface area (Å²) in [6.07, 6.45) is -3.33. The van der Waals surface area contributed by atoms with E-state index in [9.17, 15) is 23.2 Å². The average Bonchev–Trinajstić information content (AvgIpc) is 3.63. The van der Waals surface area contributed by atoms with Crippen molar-refractivity contribution in [1.29, 1.82) is 5.26 Å². The maximum Gasteiger partial charge on any atom is 0.431 e. The van der Waals surface area contributed by atoms with E-state index in [1.807, 2.05) is 42.5 Å². The number of hydrazone groups is 1. The molecule has 3 aromatic rings. The quantitative estimate of drug-likeness (QED) is 0.385. The summed E-state index contributed by atoms with van der Waals surface area (Å²) in [5.41, 5.74) is 1.67. The molecule has 2 unspecified atom stereocenters. The van der Waals surface area contributed by atoms with E-state index >= 15 is 0 Å². The van der Waals surface area contributed by atoms with Crippen LogP contribution in [0, 0.1) is 17.2 Å². The van der Waals surface area contributed by atoms with Crippen LogP contribution >= 0.6 is 0 Å². The van der Waals surface area contributed by atoms with Gasteiger partial charge in [0, 0.05) is 12.1 Å². The number of nitrogens with one attached hydrogen (secondary N) is 1. The second-order valence-corrected chi connectivity index (χ2v) is 9.45. The Bertz CT molecular complexity index is 1380. The molecule has 1 fully saturated rings. The molecule has 1 saturated carbocycles. The standard InChI is InChI=1S/C29H25F3N4O2/c30-29(31,32)26-16-25(36(35-26)24-11-4-6-20(14-24)17-33)28(37)34-23-10-5-9-22(15-23)27(38-18-19-12-13-19)21-7-2-1-3-8-21/h1-11,14-15,19,25,27H,12-13,16,18H2,(H,34,37). The molecular formula is C29H25F3N4O2. The number of halogens is 3. The first-order valence-electron chi connectivity index (χ1n) is 12.3. The summed E-state index contributed by atoms with van der Waals surface area (Å²) in [6, 6.07) is 23.6. The van der Waals surface area contributed by atoms with Crippen LogP contribution in [0.3, 0.4) is 0 Å². The van der Waals surface area contributed by atoms with E-state index in [0.717, 1.165) is 29.0 Å². The number of ether oxygens (including phenoxy) is 1. The minimum absolute atomic E-state index is 0.231. The van der Waals surface area contributed by atoms with Gasteiger partial charge in [-0.15, -0.1) is 0 Å². The smallest absolute Gasteiger partial charge is 0.368 e. The van der Waals surface area contributed by atoms with Crippen LogP contribution in [0.15, 0.2) is 84.0 Å². The fraction of sp³-hybridized carbons (Fsp3) is 0.276. The van der Waals surface area contributed by atoms with E-state index in [4.69, 9.17) is 4.74 Å². The number of amides is 1. The van der Waals surface area contributed by atoms with Crippen molar-refractivity contribution in [2.75, 3.05) is 16.9 Å². The summed E-state index contributed by atoms with van der Waals surface area (Å²) in [5, 5.41) is 16.7. The number of hydrogen-bond acceptors (Lipinski definition) is 5. The van der Waals surface area contributed by atoms with E-state index in [1.54, 1.807) is 24.3 Å². The fourth-order valence-corrected chi connectivity index (χ4v) is 4.38. The Morgan fingerprint density at radius 2 is 1.79 bits per heavy atom. The van der Waals surface area contributed by atoms with Gasteiger partial charge >= 0.3 is 6.18 Å². The molecule has 0 radical (unpaired) electrons. The van der Waals surface area contributed by atoms with Gasteiger partial charge in [0.05, 0.1) is 23.9 Å². The van der Waals surface area contributed by atoms with Gasteiger partial charge in [-0.3, -0.25) is 9.80 Å². The Morgan fingerprint density at radius 1 is 1.05 bits per heavy atom. The van der Waals surface area contributed by atoms with Crippen molar-refractivity contribution < 1.29 is 22.7 Å². The van der Waals surface area contributed by atoms with Crippen molar-refractivity contribution >= 4 is 23.0 Å². The van der Waals surface area contributed by atoms with Gasteiger partial charge in [-0.05, 0) is 60.2 Å². The van der Waals surface area contributed by atoms with Crippen LogP contribution in [0.4, 0.5) is 24.5 Å². The number of anilines is 2. The van der Waals surface area contributed by atoms with E-state index in [2.05, 4.69) is 10.4 Å². The Hall–Kier alpha value is -4.16. The lowest BCUT2D eigenvalue weighted by Gasteiger charge is -2.23. The highest BCUT2D eigenvalue weighted by atomic mass is 19.4. The Morgan fingerprint density at radius 3 is 2.50 bits per heavy atom. The molecule has 6 nitrogen and oxygen atoms in total. The number of rotatable bonds is 8. The molecule has 1 heterocycles. The van der Waals surface area contributed by atoms with E-state index in [1.165, 1.54) is 18.2 Å². The molecule has 0 spiro atoms. The molecule has 9 heteroatoms. The maximum atomic E-state index is 13.5. The summed E-state index contributed by atoms with van der Waals surface area (Å²) in [5.74, 6) is -0.0810. The van der Waals surface area contributed by atoms with Crippen molar-refractivity contribution in [2.24, 2.45) is 11.0 Å². The largest absolute Gasteiger partial charge is 0.431 e. The van der Waals surface area contributed by atoms with Crippen molar-refractivity contribution in [1.82, 2.24) is 0 Å². The molecule has 2 aliphatic rings. The topological polar surface area (TPSA) is 77.7 Å². The molecule has 0 saturated heterocycles. The molecule has 2 atom stereocenters. The van der Waals surface area contributed by atoms with Crippen molar-refractivity contribution in [3.8, 4) is 6.07 Å². The summed E-state index contributed by atoms with van der Waals surface area (Å²) < 4.78 is 46.9. The second-order valence-electron chi connectivity index (χ2n) is 9.45. The van der Waals surface area contributed by atoms with Gasteiger partial charge in [-0.1, -0.05) is 48.5 Å². The summed E-state index contributed by atoms with van der Waals surface area (Å²) in [7, 11) is 0. The highest BCUT2D eigenvalue weighted by Crippen LogP contribution is 2.35. The Labute approximate surface area is 218 Å². The predicted molar refractivity (Wildman–Crippen MR) is 138 cm³/mol. The normalized spacial score (nSPS) is 18.0. The maximum absolute atomic E-state index is 13.5. The van der Waals surface area contributed by atoms with Gasteiger partial charge in [0.1, 0.15) is 17.9 Å². The van der Waals surface area contributed by atoms with Gasteiger partial charge in [0.15, 0.2) is 0 Å². The van der Waals surface area contributed by atoms with Crippen LogP contribution in [-0.2, 0) is 9.53 Å². The highest BCUT2D eigenvalue weighted by Gasteiger charge is 2.45. The Balaban J connectivity index is 1.39. The zero-order valence-electron chi connectivity index (χ0n) is 20.4. The van der Waals surface area contributed by atoms with Crippen LogP contribution in [0.2, 0.25) is 0 Å². The molecule has 194 valence electrons. The zero-order chi connectivity index (χ0) is 26.7. The highest BCUT2D eigenvalue weighted by molar-refractivity contribution is 6.04. The number of hydrogen-bond donors (Lipinski definition) is 1. The second kappa shape index (κ2) is 10.7. The summed E-state index contributed by atoms with van der Waals surface area (Å²) >= 11 is 0. The number of carbonyl (C=O) groups excluding carboxylic acids is 1. The van der Waals surface area contributed by atoms with Crippen LogP contribution in [0.1, 0.15) is 42.1 Å². The molecule has 5 rings (SSSR count). The molecule has 1 amide bonds. The van der Waals surface area contributed by atoms with Crippen LogP contribution < -0.4 is 10.3 Å². The van der Waals surface area contributed by atoms with Crippen LogP contribution in [0.25, 0.3) is 0 Å². The lowest BCUT2D eigenvalue weighted by atomic mass is 10.0. The third kappa shape index (κ3) is 5.87. The van der Waals surface area contributed by atoms with Gasteiger partial charge in [-0.2, -0.15) is 23.5 Å². The molecule has 3 aromatic carbocycles. The van der Waals surface area contributed by atoms with Crippen molar-refractivity contribution in [2.45, 2.75) is 37.6 Å². The Kier molecular flexibility index (Phi) is 7.16. The van der Waals surface area contributed by atoms with E-state index < -0.39 is 30.3 Å². The first kappa shape index (κ1) is 25.5. The lowest BCUT2D eigenvalue weighted by molar-refractivity contribution is -0.117. The molecule has 1 N–H and O–H groups in total. The monoisotopic (exact) mass is 518 g/mol. The van der Waals surface area contributed by atoms with E-state index in [0.29, 0.717) is 18.2 Å². The molecule has 0 bridgehead atoms. The predicted octanol–water partition coefficient (Wildman–Crippen LogP) is 6.21. The number of alkyl halides is 3. The van der Waals surface area contributed by atoms with Crippen molar-refractivity contribution in [3.05, 3.63) is 95.6 Å². The number of nitriles is 1. The average molecular weight is 519 g/mol. The fourth-order valence-electron chi connectivity index (χ4n) is 4.38. The van der Waals surface area contributed by atoms with Gasteiger partial charge in [0.25, 0.3) is 0 Å².